The van der Waals surface area contributed by atoms with Gasteiger partial charge in [0.1, 0.15) is 6.04 Å². The molecule has 4 aromatic rings. The fraction of sp³-hybridized carbons (Fsp3) is 0.118. The van der Waals surface area contributed by atoms with E-state index in [-0.39, 0.29) is 11.7 Å². The summed E-state index contributed by atoms with van der Waals surface area (Å²) in [6.07, 6.45) is 1.66. The minimum atomic E-state index is -0.755. The Morgan fingerprint density at radius 2 is 2.12 bits per heavy atom. The third-order valence-electron chi connectivity index (χ3n) is 3.90. The zero-order chi connectivity index (χ0) is 16.7. The van der Waals surface area contributed by atoms with Crippen molar-refractivity contribution in [3.8, 4) is 10.8 Å². The molecule has 1 atom stereocenters. The number of Topliss-reactive ketones (excluding diaryl/α,β-unsaturated/α-hetero) is 1. The average Bonchev–Trinajstić information content (AvgIpc) is 3.32. The van der Waals surface area contributed by atoms with Gasteiger partial charge >= 0.3 is 5.76 Å². The third kappa shape index (κ3) is 2.30. The summed E-state index contributed by atoms with van der Waals surface area (Å²) in [5.74, 6) is -0.603. The summed E-state index contributed by atoms with van der Waals surface area (Å²) in [7, 11) is 0. The van der Waals surface area contributed by atoms with Crippen molar-refractivity contribution in [2.24, 2.45) is 0 Å². The van der Waals surface area contributed by atoms with Gasteiger partial charge in [0.25, 0.3) is 5.89 Å². The highest BCUT2D eigenvalue weighted by Gasteiger charge is 2.24. The van der Waals surface area contributed by atoms with Crippen LogP contribution < -0.4 is 5.76 Å². The normalized spacial score (nSPS) is 12.5. The quantitative estimate of drug-likeness (QED) is 0.577. The molecule has 3 aromatic heterocycles. The Morgan fingerprint density at radius 1 is 1.29 bits per heavy atom. The maximum atomic E-state index is 12.8. The lowest BCUT2D eigenvalue weighted by Gasteiger charge is -2.07. The Morgan fingerprint density at radius 3 is 2.92 bits per heavy atom. The van der Waals surface area contributed by atoms with Crippen LogP contribution in [0.15, 0.2) is 57.2 Å². The van der Waals surface area contributed by atoms with Crippen molar-refractivity contribution in [3.05, 3.63) is 64.1 Å². The molecule has 120 valence electrons. The predicted molar refractivity (Wildman–Crippen MR) is 91.4 cm³/mol. The molecule has 4 rings (SSSR count). The number of aromatic amines is 1. The molecule has 7 heteroatoms. The van der Waals surface area contributed by atoms with Gasteiger partial charge in [0.05, 0.1) is 4.88 Å². The molecular weight excluding hydrogens is 326 g/mol. The number of nitrogens with one attached hydrogen (secondary N) is 1. The first-order chi connectivity index (χ1) is 11.6. The summed E-state index contributed by atoms with van der Waals surface area (Å²) in [4.78, 5) is 28.7. The van der Waals surface area contributed by atoms with E-state index in [1.807, 2.05) is 41.8 Å². The van der Waals surface area contributed by atoms with Gasteiger partial charge in [-0.15, -0.1) is 16.4 Å². The smallest absolute Gasteiger partial charge is 0.387 e. The number of carbonyl (C=O) groups is 1. The molecule has 0 aliphatic rings. The standard InChI is InChI=1S/C17H13N3O3S/c1-10(15(21)12-9-18-13-6-3-2-5-11(12)13)20-17(22)23-16(19-20)14-7-4-8-24-14/h2-10,18H,1H3/t10-/m0/s1. The molecule has 0 radical (unpaired) electrons. The highest BCUT2D eigenvalue weighted by molar-refractivity contribution is 7.13. The van der Waals surface area contributed by atoms with Gasteiger partial charge in [-0.25, -0.2) is 4.79 Å². The molecule has 1 aromatic carbocycles. The highest BCUT2D eigenvalue weighted by Crippen LogP contribution is 2.24. The van der Waals surface area contributed by atoms with Gasteiger partial charge in [0.2, 0.25) is 0 Å². The van der Waals surface area contributed by atoms with Gasteiger partial charge < -0.3 is 9.40 Å². The van der Waals surface area contributed by atoms with E-state index in [0.29, 0.717) is 5.56 Å². The predicted octanol–water partition coefficient (Wildman–Crippen LogP) is 3.49. The van der Waals surface area contributed by atoms with E-state index in [2.05, 4.69) is 10.1 Å². The number of fused-ring (bicyclic) bond motifs is 1. The van der Waals surface area contributed by atoms with Gasteiger partial charge in [0.15, 0.2) is 5.78 Å². The Labute approximate surface area is 140 Å². The first-order valence-corrected chi connectivity index (χ1v) is 8.27. The van der Waals surface area contributed by atoms with Crippen LogP contribution in [0.25, 0.3) is 21.7 Å². The average molecular weight is 339 g/mol. The molecule has 1 N–H and O–H groups in total. The number of aromatic nitrogens is 3. The molecule has 0 fully saturated rings. The SMILES string of the molecule is C[C@@H](C(=O)c1c[nH]c2ccccc12)n1nc(-c2cccs2)oc1=O. The summed E-state index contributed by atoms with van der Waals surface area (Å²) >= 11 is 1.42. The van der Waals surface area contributed by atoms with Crippen LogP contribution in [0.3, 0.4) is 0 Å². The minimum Gasteiger partial charge on any atom is -0.387 e. The second-order valence-electron chi connectivity index (χ2n) is 5.38. The second kappa shape index (κ2) is 5.61. The van der Waals surface area contributed by atoms with Crippen molar-refractivity contribution in [1.29, 1.82) is 0 Å². The molecule has 0 saturated heterocycles. The number of hydrogen-bond acceptors (Lipinski definition) is 5. The maximum Gasteiger partial charge on any atom is 0.438 e. The molecule has 0 unspecified atom stereocenters. The highest BCUT2D eigenvalue weighted by atomic mass is 32.1. The number of rotatable bonds is 4. The Balaban J connectivity index is 1.72. The first kappa shape index (κ1) is 14.6. The van der Waals surface area contributed by atoms with Crippen LogP contribution in [0.1, 0.15) is 23.3 Å². The van der Waals surface area contributed by atoms with Gasteiger partial charge in [-0.3, -0.25) is 4.79 Å². The molecule has 0 amide bonds. The first-order valence-electron chi connectivity index (χ1n) is 7.39. The van der Waals surface area contributed by atoms with E-state index in [1.165, 1.54) is 11.3 Å². The largest absolute Gasteiger partial charge is 0.438 e. The number of hydrogen-bond donors (Lipinski definition) is 1. The third-order valence-corrected chi connectivity index (χ3v) is 4.76. The van der Waals surface area contributed by atoms with Crippen molar-refractivity contribution in [2.75, 3.05) is 0 Å². The summed E-state index contributed by atoms with van der Waals surface area (Å²) < 4.78 is 6.28. The minimum absolute atomic E-state index is 0.194. The van der Waals surface area contributed by atoms with E-state index in [0.717, 1.165) is 20.5 Å². The zero-order valence-electron chi connectivity index (χ0n) is 12.7. The lowest BCUT2D eigenvalue weighted by atomic mass is 10.0. The maximum absolute atomic E-state index is 12.8. The van der Waals surface area contributed by atoms with Crippen molar-refractivity contribution in [3.63, 3.8) is 0 Å². The van der Waals surface area contributed by atoms with E-state index < -0.39 is 11.8 Å². The summed E-state index contributed by atoms with van der Waals surface area (Å²) in [5.41, 5.74) is 1.41. The Bertz CT molecular complexity index is 1070. The van der Waals surface area contributed by atoms with Crippen molar-refractivity contribution in [1.82, 2.24) is 14.8 Å². The molecule has 6 nitrogen and oxygen atoms in total. The van der Waals surface area contributed by atoms with Crippen LogP contribution >= 0.6 is 11.3 Å². The van der Waals surface area contributed by atoms with E-state index in [4.69, 9.17) is 4.42 Å². The monoisotopic (exact) mass is 339 g/mol. The van der Waals surface area contributed by atoms with Crippen LogP contribution in [-0.4, -0.2) is 20.5 Å². The van der Waals surface area contributed by atoms with E-state index in [1.54, 1.807) is 13.1 Å². The number of H-pyrrole nitrogens is 1. The second-order valence-corrected chi connectivity index (χ2v) is 6.33. The fourth-order valence-corrected chi connectivity index (χ4v) is 3.29. The van der Waals surface area contributed by atoms with Gasteiger partial charge in [-0.2, -0.15) is 4.68 Å². The van der Waals surface area contributed by atoms with Crippen molar-refractivity contribution >= 4 is 28.0 Å². The summed E-state index contributed by atoms with van der Waals surface area (Å²) in [6, 6.07) is 10.4. The number of nitrogens with zero attached hydrogens (tertiary/aromatic N) is 2. The van der Waals surface area contributed by atoms with Crippen molar-refractivity contribution in [2.45, 2.75) is 13.0 Å². The number of thiophene rings is 1. The molecular formula is C17H13N3O3S. The lowest BCUT2D eigenvalue weighted by Crippen LogP contribution is -2.26. The van der Waals surface area contributed by atoms with Crippen molar-refractivity contribution < 1.29 is 9.21 Å². The molecule has 0 spiro atoms. The number of carbonyl (C=O) groups excluding carboxylic acids is 1. The zero-order valence-corrected chi connectivity index (χ0v) is 13.5. The van der Waals surface area contributed by atoms with Gasteiger partial charge in [-0.1, -0.05) is 24.3 Å². The van der Waals surface area contributed by atoms with E-state index in [9.17, 15) is 9.59 Å². The van der Waals surface area contributed by atoms with Crippen LogP contribution in [0.4, 0.5) is 0 Å². The molecule has 24 heavy (non-hydrogen) atoms. The van der Waals surface area contributed by atoms with Crippen LogP contribution in [0.2, 0.25) is 0 Å². The summed E-state index contributed by atoms with van der Waals surface area (Å²) in [5, 5.41) is 6.87. The fourth-order valence-electron chi connectivity index (χ4n) is 2.64. The summed E-state index contributed by atoms with van der Waals surface area (Å²) in [6.45, 7) is 1.65. The number of ketones is 1. The lowest BCUT2D eigenvalue weighted by molar-refractivity contribution is 0.0925. The van der Waals surface area contributed by atoms with Crippen LogP contribution in [-0.2, 0) is 0 Å². The molecule has 0 aliphatic heterocycles. The molecule has 3 heterocycles. The Kier molecular flexibility index (Phi) is 3.42. The van der Waals surface area contributed by atoms with Gasteiger partial charge in [-0.05, 0) is 24.4 Å². The number of para-hydroxylation sites is 1. The molecule has 0 saturated carbocycles. The van der Waals surface area contributed by atoms with Gasteiger partial charge in [0, 0.05) is 22.7 Å². The van der Waals surface area contributed by atoms with Crippen LogP contribution in [0, 0.1) is 0 Å². The van der Waals surface area contributed by atoms with E-state index >= 15 is 0 Å². The topological polar surface area (TPSA) is 80.9 Å². The molecule has 0 bridgehead atoms. The Hall–Kier alpha value is -2.93. The molecule has 0 aliphatic carbocycles. The number of benzene rings is 1. The van der Waals surface area contributed by atoms with Crippen LogP contribution in [0.5, 0.6) is 0 Å².